The van der Waals surface area contributed by atoms with Gasteiger partial charge in [0.15, 0.2) is 0 Å². The van der Waals surface area contributed by atoms with Crippen molar-refractivity contribution in [2.24, 2.45) is 5.10 Å². The van der Waals surface area contributed by atoms with E-state index in [0.717, 1.165) is 5.56 Å². The molecule has 1 N–H and O–H groups in total. The highest BCUT2D eigenvalue weighted by molar-refractivity contribution is 6.33. The van der Waals surface area contributed by atoms with Crippen LogP contribution < -0.4 is 5.43 Å². The number of ether oxygens (including phenoxy) is 1. The summed E-state index contributed by atoms with van der Waals surface area (Å²) in [5.41, 5.74) is 3.01. The maximum Gasteiger partial charge on any atom is 0.427 e. The first kappa shape index (κ1) is 14.1. The molecule has 0 saturated carbocycles. The van der Waals surface area contributed by atoms with E-state index in [1.165, 1.54) is 6.21 Å². The molecule has 0 spiro atoms. The van der Waals surface area contributed by atoms with Crippen LogP contribution in [-0.2, 0) is 4.74 Å². The molecule has 20 heavy (non-hydrogen) atoms. The molecule has 1 heterocycles. The first-order valence-corrected chi connectivity index (χ1v) is 6.39. The summed E-state index contributed by atoms with van der Waals surface area (Å²) >= 11 is 6.08. The van der Waals surface area contributed by atoms with Crippen molar-refractivity contribution in [2.75, 3.05) is 6.61 Å². The third-order valence-electron chi connectivity index (χ3n) is 2.39. The number of nitrogens with zero attached hydrogens (tertiary/aromatic N) is 1. The van der Waals surface area contributed by atoms with Gasteiger partial charge in [-0.25, -0.2) is 10.2 Å². The van der Waals surface area contributed by atoms with Crippen LogP contribution in [0, 0.1) is 0 Å². The molecule has 0 radical (unpaired) electrons. The molecule has 1 aromatic carbocycles. The number of nitrogens with one attached hydrogen (secondary N) is 1. The maximum absolute atomic E-state index is 11.0. The Morgan fingerprint density at radius 2 is 2.20 bits per heavy atom. The lowest BCUT2D eigenvalue weighted by Gasteiger charge is -1.99. The molecule has 2 aromatic rings. The van der Waals surface area contributed by atoms with E-state index in [1.54, 1.807) is 25.1 Å². The molecule has 5 nitrogen and oxygen atoms in total. The van der Waals surface area contributed by atoms with Crippen molar-refractivity contribution in [1.29, 1.82) is 0 Å². The summed E-state index contributed by atoms with van der Waals surface area (Å²) < 4.78 is 10.2. The van der Waals surface area contributed by atoms with Crippen LogP contribution >= 0.6 is 11.6 Å². The summed E-state index contributed by atoms with van der Waals surface area (Å²) in [6.07, 6.45) is 0.777. The fourth-order valence-electron chi connectivity index (χ4n) is 1.54. The van der Waals surface area contributed by atoms with Crippen molar-refractivity contribution in [1.82, 2.24) is 5.43 Å². The quantitative estimate of drug-likeness (QED) is 0.690. The van der Waals surface area contributed by atoms with Crippen LogP contribution in [0.3, 0.4) is 0 Å². The number of halogens is 1. The fraction of sp³-hybridized carbons (Fsp3) is 0.143. The van der Waals surface area contributed by atoms with E-state index in [1.807, 2.05) is 18.2 Å². The Hall–Kier alpha value is -2.27. The van der Waals surface area contributed by atoms with Gasteiger partial charge < -0.3 is 9.15 Å². The molecule has 0 fully saturated rings. The molecule has 0 saturated heterocycles. The summed E-state index contributed by atoms with van der Waals surface area (Å²) in [4.78, 5) is 11.0. The zero-order chi connectivity index (χ0) is 14.4. The number of hydrogen-bond acceptors (Lipinski definition) is 4. The van der Waals surface area contributed by atoms with E-state index < -0.39 is 6.09 Å². The van der Waals surface area contributed by atoms with Crippen LogP contribution in [0.4, 0.5) is 4.79 Å². The van der Waals surface area contributed by atoms with Gasteiger partial charge in [-0.2, -0.15) is 5.10 Å². The van der Waals surface area contributed by atoms with E-state index in [-0.39, 0.29) is 0 Å². The van der Waals surface area contributed by atoms with Gasteiger partial charge in [0.2, 0.25) is 0 Å². The van der Waals surface area contributed by atoms with E-state index in [9.17, 15) is 4.79 Å². The number of carbonyl (C=O) groups is 1. The molecular weight excluding hydrogens is 280 g/mol. The molecule has 1 aromatic heterocycles. The van der Waals surface area contributed by atoms with Crippen LogP contribution in [0.5, 0.6) is 0 Å². The van der Waals surface area contributed by atoms with Crippen molar-refractivity contribution < 1.29 is 13.9 Å². The third-order valence-corrected chi connectivity index (χ3v) is 2.72. The minimum atomic E-state index is -0.610. The number of hydrogen-bond donors (Lipinski definition) is 1. The molecule has 0 bridgehead atoms. The summed E-state index contributed by atoms with van der Waals surface area (Å²) in [6, 6.07) is 10.9. The number of hydrazone groups is 1. The number of furan rings is 1. The smallest absolute Gasteiger partial charge is 0.427 e. The van der Waals surface area contributed by atoms with Gasteiger partial charge in [0, 0.05) is 5.56 Å². The van der Waals surface area contributed by atoms with Crippen molar-refractivity contribution in [3.05, 3.63) is 47.2 Å². The highest BCUT2D eigenvalue weighted by Crippen LogP contribution is 2.28. The Morgan fingerprint density at radius 3 is 2.95 bits per heavy atom. The van der Waals surface area contributed by atoms with Gasteiger partial charge in [0.25, 0.3) is 0 Å². The molecule has 2 rings (SSSR count). The largest absolute Gasteiger partial charge is 0.455 e. The van der Waals surface area contributed by atoms with Crippen LogP contribution in [-0.4, -0.2) is 18.9 Å². The Labute approximate surface area is 121 Å². The van der Waals surface area contributed by atoms with Crippen molar-refractivity contribution >= 4 is 23.9 Å². The molecule has 0 aliphatic heterocycles. The van der Waals surface area contributed by atoms with E-state index in [2.05, 4.69) is 15.3 Å². The molecule has 0 unspecified atom stereocenters. The zero-order valence-corrected chi connectivity index (χ0v) is 11.6. The average molecular weight is 293 g/mol. The Balaban J connectivity index is 2.05. The lowest BCUT2D eigenvalue weighted by atomic mass is 10.2. The monoisotopic (exact) mass is 292 g/mol. The second-order valence-corrected chi connectivity index (χ2v) is 4.18. The van der Waals surface area contributed by atoms with Gasteiger partial charge in [-0.3, -0.25) is 0 Å². The zero-order valence-electron chi connectivity index (χ0n) is 10.8. The summed E-state index contributed by atoms with van der Waals surface area (Å²) in [7, 11) is 0. The molecular formula is C14H13ClN2O3. The van der Waals surface area contributed by atoms with Crippen LogP contribution in [0.1, 0.15) is 12.7 Å². The van der Waals surface area contributed by atoms with Gasteiger partial charge in [-0.05, 0) is 31.2 Å². The van der Waals surface area contributed by atoms with Gasteiger partial charge in [-0.15, -0.1) is 0 Å². The first-order chi connectivity index (χ1) is 9.70. The average Bonchev–Trinajstić information content (AvgIpc) is 2.88. The number of amides is 1. The minimum Gasteiger partial charge on any atom is -0.455 e. The molecule has 0 aliphatic rings. The number of carbonyl (C=O) groups excluding carboxylic acids is 1. The van der Waals surface area contributed by atoms with Crippen LogP contribution in [0.25, 0.3) is 11.3 Å². The van der Waals surface area contributed by atoms with E-state index in [0.29, 0.717) is 23.2 Å². The molecule has 1 amide bonds. The summed E-state index contributed by atoms with van der Waals surface area (Å²) in [5, 5.41) is 4.32. The van der Waals surface area contributed by atoms with Crippen LogP contribution in [0.2, 0.25) is 5.02 Å². The fourth-order valence-corrected chi connectivity index (χ4v) is 1.77. The van der Waals surface area contributed by atoms with Crippen molar-refractivity contribution in [2.45, 2.75) is 6.92 Å². The highest BCUT2D eigenvalue weighted by atomic mass is 35.5. The third kappa shape index (κ3) is 3.61. The van der Waals surface area contributed by atoms with Crippen molar-refractivity contribution in [3.8, 4) is 11.3 Å². The van der Waals surface area contributed by atoms with Crippen LogP contribution in [0.15, 0.2) is 45.9 Å². The summed E-state index contributed by atoms with van der Waals surface area (Å²) in [5.74, 6) is 1.13. The molecule has 0 aliphatic carbocycles. The Kier molecular flexibility index (Phi) is 4.79. The van der Waals surface area contributed by atoms with E-state index >= 15 is 0 Å². The van der Waals surface area contributed by atoms with Gasteiger partial charge in [0.1, 0.15) is 11.5 Å². The summed E-state index contributed by atoms with van der Waals surface area (Å²) in [6.45, 7) is 2.00. The minimum absolute atomic E-state index is 0.290. The molecule has 104 valence electrons. The van der Waals surface area contributed by atoms with Crippen molar-refractivity contribution in [3.63, 3.8) is 0 Å². The first-order valence-electron chi connectivity index (χ1n) is 6.01. The highest BCUT2D eigenvalue weighted by Gasteiger charge is 2.07. The van der Waals surface area contributed by atoms with Gasteiger partial charge >= 0.3 is 6.09 Å². The maximum atomic E-state index is 11.0. The topological polar surface area (TPSA) is 63.8 Å². The van der Waals surface area contributed by atoms with E-state index in [4.69, 9.17) is 16.0 Å². The SMILES string of the molecule is CCOC(=O)N/N=C/c1ccc(-c2ccccc2Cl)o1. The number of benzene rings is 1. The van der Waals surface area contributed by atoms with Gasteiger partial charge in [0.05, 0.1) is 17.8 Å². The Morgan fingerprint density at radius 1 is 1.40 bits per heavy atom. The lowest BCUT2D eigenvalue weighted by molar-refractivity contribution is 0.152. The number of rotatable bonds is 4. The Bertz CT molecular complexity index is 622. The second-order valence-electron chi connectivity index (χ2n) is 3.77. The second kappa shape index (κ2) is 6.77. The lowest BCUT2D eigenvalue weighted by Crippen LogP contribution is -2.18. The van der Waals surface area contributed by atoms with Gasteiger partial charge in [-0.1, -0.05) is 23.7 Å². The molecule has 0 atom stereocenters. The normalized spacial score (nSPS) is 10.7. The standard InChI is InChI=1S/C14H13ClN2O3/c1-2-19-14(18)17-16-9-10-7-8-13(20-10)11-5-3-4-6-12(11)15/h3-9H,2H2,1H3,(H,17,18)/b16-9+. The predicted molar refractivity (Wildman–Crippen MR) is 76.9 cm³/mol. The predicted octanol–water partition coefficient (Wildman–Crippen LogP) is 3.68. The molecule has 6 heteroatoms.